The first kappa shape index (κ1) is 11.3. The minimum Gasteiger partial charge on any atom is -0.390 e. The van der Waals surface area contributed by atoms with Crippen LogP contribution in [0.4, 0.5) is 0 Å². The highest BCUT2D eigenvalue weighted by atomic mass is 16.6. The predicted octanol–water partition coefficient (Wildman–Crippen LogP) is 2.71. The maximum atomic E-state index is 8.83. The summed E-state index contributed by atoms with van der Waals surface area (Å²) in [4.78, 5) is 5.19. The van der Waals surface area contributed by atoms with E-state index in [0.717, 1.165) is 5.56 Å². The SMILES string of the molecule is CC(C)(C)ON=Cc1ccccc1C#N. The molecule has 15 heavy (non-hydrogen) atoms. The van der Waals surface area contributed by atoms with Gasteiger partial charge in [0.05, 0.1) is 17.8 Å². The molecule has 3 heteroatoms. The van der Waals surface area contributed by atoms with Gasteiger partial charge in [0.15, 0.2) is 0 Å². The molecule has 1 rings (SSSR count). The van der Waals surface area contributed by atoms with Gasteiger partial charge in [-0.05, 0) is 26.8 Å². The molecule has 0 heterocycles. The van der Waals surface area contributed by atoms with E-state index in [1.54, 1.807) is 12.3 Å². The molecule has 0 N–H and O–H groups in total. The molecule has 0 bridgehead atoms. The summed E-state index contributed by atoms with van der Waals surface area (Å²) < 4.78 is 0. The summed E-state index contributed by atoms with van der Waals surface area (Å²) in [5.41, 5.74) is 1.06. The van der Waals surface area contributed by atoms with E-state index in [-0.39, 0.29) is 5.60 Å². The number of nitriles is 1. The Labute approximate surface area is 90.0 Å². The summed E-state index contributed by atoms with van der Waals surface area (Å²) >= 11 is 0. The third kappa shape index (κ3) is 3.82. The Morgan fingerprint density at radius 3 is 2.60 bits per heavy atom. The lowest BCUT2D eigenvalue weighted by atomic mass is 10.1. The van der Waals surface area contributed by atoms with Crippen LogP contribution in [0.3, 0.4) is 0 Å². The molecule has 1 aromatic rings. The van der Waals surface area contributed by atoms with Crippen molar-refractivity contribution in [3.63, 3.8) is 0 Å². The Morgan fingerprint density at radius 2 is 2.00 bits per heavy atom. The Balaban J connectivity index is 2.77. The fourth-order valence-electron chi connectivity index (χ4n) is 0.953. The molecule has 0 aliphatic heterocycles. The molecule has 0 amide bonds. The topological polar surface area (TPSA) is 45.4 Å². The summed E-state index contributed by atoms with van der Waals surface area (Å²) in [7, 11) is 0. The van der Waals surface area contributed by atoms with Crippen LogP contribution in [0.15, 0.2) is 29.4 Å². The lowest BCUT2D eigenvalue weighted by Crippen LogP contribution is -2.15. The van der Waals surface area contributed by atoms with Crippen molar-refractivity contribution in [1.82, 2.24) is 0 Å². The van der Waals surface area contributed by atoms with Gasteiger partial charge in [-0.25, -0.2) is 0 Å². The third-order valence-electron chi connectivity index (χ3n) is 1.60. The molecule has 0 radical (unpaired) electrons. The average molecular weight is 202 g/mol. The van der Waals surface area contributed by atoms with Gasteiger partial charge in [0.1, 0.15) is 5.60 Å². The third-order valence-corrected chi connectivity index (χ3v) is 1.60. The van der Waals surface area contributed by atoms with E-state index < -0.39 is 0 Å². The number of benzene rings is 1. The first-order chi connectivity index (χ1) is 7.03. The average Bonchev–Trinajstić information content (AvgIpc) is 2.16. The highest BCUT2D eigenvalue weighted by molar-refractivity contribution is 5.82. The van der Waals surface area contributed by atoms with Crippen molar-refractivity contribution >= 4 is 6.21 Å². The van der Waals surface area contributed by atoms with Crippen LogP contribution in [0.1, 0.15) is 31.9 Å². The minimum absolute atomic E-state index is 0.307. The lowest BCUT2D eigenvalue weighted by Gasteiger charge is -2.14. The smallest absolute Gasteiger partial charge is 0.129 e. The molecule has 0 unspecified atom stereocenters. The summed E-state index contributed by atoms with van der Waals surface area (Å²) in [6, 6.07) is 9.35. The molecule has 0 saturated carbocycles. The van der Waals surface area contributed by atoms with Crippen LogP contribution >= 0.6 is 0 Å². The molecule has 0 fully saturated rings. The molecular weight excluding hydrogens is 188 g/mol. The van der Waals surface area contributed by atoms with Crippen LogP contribution in [0.5, 0.6) is 0 Å². The zero-order chi connectivity index (χ0) is 11.3. The van der Waals surface area contributed by atoms with Crippen LogP contribution in [-0.4, -0.2) is 11.8 Å². The highest BCUT2D eigenvalue weighted by Gasteiger charge is 2.09. The van der Waals surface area contributed by atoms with E-state index in [9.17, 15) is 0 Å². The van der Waals surface area contributed by atoms with Crippen molar-refractivity contribution in [2.45, 2.75) is 26.4 Å². The van der Waals surface area contributed by atoms with Crippen LogP contribution in [-0.2, 0) is 4.84 Å². The van der Waals surface area contributed by atoms with Crippen molar-refractivity contribution in [1.29, 1.82) is 5.26 Å². The summed E-state index contributed by atoms with van der Waals surface area (Å²) in [5, 5.41) is 12.7. The Morgan fingerprint density at radius 1 is 1.33 bits per heavy atom. The van der Waals surface area contributed by atoms with E-state index in [0.29, 0.717) is 5.56 Å². The van der Waals surface area contributed by atoms with Gasteiger partial charge in [-0.3, -0.25) is 0 Å². The molecule has 3 nitrogen and oxygen atoms in total. The fraction of sp³-hybridized carbons (Fsp3) is 0.333. The summed E-state index contributed by atoms with van der Waals surface area (Å²) in [5.74, 6) is 0. The molecule has 0 atom stereocenters. The number of rotatable bonds is 2. The van der Waals surface area contributed by atoms with Gasteiger partial charge in [-0.15, -0.1) is 0 Å². The van der Waals surface area contributed by atoms with Crippen molar-refractivity contribution in [2.75, 3.05) is 0 Å². The number of hydrogen-bond acceptors (Lipinski definition) is 3. The maximum absolute atomic E-state index is 8.83. The largest absolute Gasteiger partial charge is 0.390 e. The monoisotopic (exact) mass is 202 g/mol. The second-order valence-electron chi connectivity index (χ2n) is 4.14. The van der Waals surface area contributed by atoms with E-state index in [1.165, 1.54) is 0 Å². The van der Waals surface area contributed by atoms with Gasteiger partial charge in [-0.1, -0.05) is 23.4 Å². The fourth-order valence-corrected chi connectivity index (χ4v) is 0.953. The van der Waals surface area contributed by atoms with E-state index >= 15 is 0 Å². The van der Waals surface area contributed by atoms with Gasteiger partial charge in [0.25, 0.3) is 0 Å². The molecule has 0 aromatic heterocycles. The lowest BCUT2D eigenvalue weighted by molar-refractivity contribution is 0.00199. The van der Waals surface area contributed by atoms with E-state index in [1.807, 2.05) is 39.0 Å². The standard InChI is InChI=1S/C12H14N2O/c1-12(2,3)15-14-9-11-7-5-4-6-10(11)8-13/h4-7,9H,1-3H3. The van der Waals surface area contributed by atoms with Gasteiger partial charge in [0, 0.05) is 5.56 Å². The quantitative estimate of drug-likeness (QED) is 0.546. The number of nitrogens with zero attached hydrogens (tertiary/aromatic N) is 2. The summed E-state index contributed by atoms with van der Waals surface area (Å²) in [6.07, 6.45) is 1.56. The zero-order valence-electron chi connectivity index (χ0n) is 9.19. The summed E-state index contributed by atoms with van der Waals surface area (Å²) in [6.45, 7) is 5.75. The highest BCUT2D eigenvalue weighted by Crippen LogP contribution is 2.08. The Kier molecular flexibility index (Phi) is 3.46. The minimum atomic E-state index is -0.307. The molecular formula is C12H14N2O. The first-order valence-electron chi connectivity index (χ1n) is 4.73. The van der Waals surface area contributed by atoms with Crippen molar-refractivity contribution in [3.05, 3.63) is 35.4 Å². The molecule has 0 saturated heterocycles. The Hall–Kier alpha value is -1.82. The number of hydrogen-bond donors (Lipinski definition) is 0. The zero-order valence-corrected chi connectivity index (χ0v) is 9.19. The van der Waals surface area contributed by atoms with Crippen molar-refractivity contribution in [2.24, 2.45) is 5.16 Å². The van der Waals surface area contributed by atoms with Gasteiger partial charge in [-0.2, -0.15) is 5.26 Å². The normalized spacial score (nSPS) is 11.3. The first-order valence-corrected chi connectivity index (χ1v) is 4.73. The van der Waals surface area contributed by atoms with Crippen LogP contribution in [0.25, 0.3) is 0 Å². The number of oxime groups is 1. The van der Waals surface area contributed by atoms with Gasteiger partial charge in [0.2, 0.25) is 0 Å². The molecule has 78 valence electrons. The van der Waals surface area contributed by atoms with Crippen LogP contribution in [0, 0.1) is 11.3 Å². The molecule has 0 spiro atoms. The second kappa shape index (κ2) is 4.61. The molecule has 1 aromatic carbocycles. The van der Waals surface area contributed by atoms with Crippen LogP contribution < -0.4 is 0 Å². The van der Waals surface area contributed by atoms with Crippen molar-refractivity contribution in [3.8, 4) is 6.07 Å². The van der Waals surface area contributed by atoms with Gasteiger partial charge >= 0.3 is 0 Å². The molecule has 0 aliphatic rings. The van der Waals surface area contributed by atoms with E-state index in [4.69, 9.17) is 10.1 Å². The maximum Gasteiger partial charge on any atom is 0.129 e. The predicted molar refractivity (Wildman–Crippen MR) is 59.6 cm³/mol. The van der Waals surface area contributed by atoms with Crippen molar-refractivity contribution < 1.29 is 4.84 Å². The van der Waals surface area contributed by atoms with Gasteiger partial charge < -0.3 is 4.84 Å². The second-order valence-corrected chi connectivity index (χ2v) is 4.14. The van der Waals surface area contributed by atoms with Crippen LogP contribution in [0.2, 0.25) is 0 Å². The van der Waals surface area contributed by atoms with E-state index in [2.05, 4.69) is 11.2 Å². The Bertz CT molecular complexity index is 397. The molecule has 0 aliphatic carbocycles.